The summed E-state index contributed by atoms with van der Waals surface area (Å²) in [6.45, 7) is -0.923. The second-order valence-electron chi connectivity index (χ2n) is 6.91. The van der Waals surface area contributed by atoms with Gasteiger partial charge in [0.15, 0.2) is 0 Å². The van der Waals surface area contributed by atoms with E-state index < -0.39 is 12.3 Å². The number of nitrogens with one attached hydrogen (secondary N) is 1. The summed E-state index contributed by atoms with van der Waals surface area (Å²) < 4.78 is 16.0. The standard InChI is InChI=1S/C23H18FN3O/c24-15-23(28,20-14-25-21-9-5-4-8-19(20)21)17-10-11-22-16(12-17)13-26-27(22)18-6-2-1-3-7-18/h1-14,25,28H,15H2. The van der Waals surface area contributed by atoms with Gasteiger partial charge in [-0.2, -0.15) is 5.10 Å². The summed E-state index contributed by atoms with van der Waals surface area (Å²) in [4.78, 5) is 3.12. The minimum absolute atomic E-state index is 0.500. The molecule has 5 heteroatoms. The molecule has 0 amide bonds. The van der Waals surface area contributed by atoms with Crippen molar-refractivity contribution in [1.82, 2.24) is 14.8 Å². The van der Waals surface area contributed by atoms with Gasteiger partial charge in [-0.1, -0.05) is 42.5 Å². The zero-order chi connectivity index (χ0) is 19.1. The molecule has 5 rings (SSSR count). The van der Waals surface area contributed by atoms with Crippen LogP contribution < -0.4 is 0 Å². The van der Waals surface area contributed by atoms with E-state index >= 15 is 0 Å². The van der Waals surface area contributed by atoms with E-state index in [0.717, 1.165) is 27.5 Å². The van der Waals surface area contributed by atoms with Crippen LogP contribution in [0.3, 0.4) is 0 Å². The molecule has 138 valence electrons. The highest BCUT2D eigenvalue weighted by Crippen LogP contribution is 2.36. The van der Waals surface area contributed by atoms with Gasteiger partial charge in [0.1, 0.15) is 12.3 Å². The number of alkyl halides is 1. The Balaban J connectivity index is 1.65. The zero-order valence-electron chi connectivity index (χ0n) is 15.0. The smallest absolute Gasteiger partial charge is 0.145 e. The lowest BCUT2D eigenvalue weighted by atomic mass is 9.86. The van der Waals surface area contributed by atoms with Crippen LogP contribution in [0.4, 0.5) is 4.39 Å². The van der Waals surface area contributed by atoms with Crippen LogP contribution in [0, 0.1) is 0 Å². The summed E-state index contributed by atoms with van der Waals surface area (Å²) in [5.74, 6) is 0. The normalized spacial score (nSPS) is 13.8. The van der Waals surface area contributed by atoms with Crippen molar-refractivity contribution in [2.75, 3.05) is 6.67 Å². The zero-order valence-corrected chi connectivity index (χ0v) is 15.0. The number of hydrogen-bond acceptors (Lipinski definition) is 2. The van der Waals surface area contributed by atoms with E-state index in [0.29, 0.717) is 11.1 Å². The Hall–Kier alpha value is -3.44. The van der Waals surface area contributed by atoms with Crippen LogP contribution >= 0.6 is 0 Å². The number of aliphatic hydroxyl groups is 1. The third-order valence-electron chi connectivity index (χ3n) is 5.27. The van der Waals surface area contributed by atoms with E-state index in [-0.39, 0.29) is 0 Å². The third kappa shape index (κ3) is 2.44. The number of aromatic amines is 1. The van der Waals surface area contributed by atoms with Gasteiger partial charge in [0, 0.05) is 28.0 Å². The Morgan fingerprint density at radius 2 is 1.79 bits per heavy atom. The molecule has 0 aliphatic heterocycles. The molecule has 0 saturated heterocycles. The minimum Gasteiger partial charge on any atom is -0.378 e. The second-order valence-corrected chi connectivity index (χ2v) is 6.91. The molecule has 1 atom stereocenters. The predicted octanol–water partition coefficient (Wildman–Crippen LogP) is 4.71. The van der Waals surface area contributed by atoms with Crippen molar-refractivity contribution in [3.05, 3.63) is 96.3 Å². The molecule has 2 heterocycles. The van der Waals surface area contributed by atoms with Crippen molar-refractivity contribution >= 4 is 21.8 Å². The van der Waals surface area contributed by atoms with Gasteiger partial charge in [-0.3, -0.25) is 0 Å². The van der Waals surface area contributed by atoms with Gasteiger partial charge in [0.2, 0.25) is 0 Å². The lowest BCUT2D eigenvalue weighted by Gasteiger charge is -2.25. The first-order valence-corrected chi connectivity index (χ1v) is 9.09. The number of halogens is 1. The highest BCUT2D eigenvalue weighted by atomic mass is 19.1. The Bertz CT molecular complexity index is 1280. The molecule has 5 aromatic rings. The Morgan fingerprint density at radius 1 is 1.00 bits per heavy atom. The number of nitrogens with zero attached hydrogens (tertiary/aromatic N) is 2. The second kappa shape index (κ2) is 6.32. The first kappa shape index (κ1) is 16.7. The van der Waals surface area contributed by atoms with Gasteiger partial charge < -0.3 is 10.1 Å². The van der Waals surface area contributed by atoms with Crippen LogP contribution in [-0.2, 0) is 5.60 Å². The number of rotatable bonds is 4. The van der Waals surface area contributed by atoms with E-state index in [1.54, 1.807) is 18.5 Å². The molecule has 2 aromatic heterocycles. The van der Waals surface area contributed by atoms with Gasteiger partial charge >= 0.3 is 0 Å². The lowest BCUT2D eigenvalue weighted by Crippen LogP contribution is -2.29. The summed E-state index contributed by atoms with van der Waals surface area (Å²) in [5.41, 5.74) is 2.00. The van der Waals surface area contributed by atoms with Crippen LogP contribution in [-0.4, -0.2) is 26.5 Å². The number of para-hydroxylation sites is 2. The third-order valence-corrected chi connectivity index (χ3v) is 5.27. The van der Waals surface area contributed by atoms with E-state index in [9.17, 15) is 9.50 Å². The van der Waals surface area contributed by atoms with Crippen molar-refractivity contribution in [1.29, 1.82) is 0 Å². The number of fused-ring (bicyclic) bond motifs is 2. The first-order chi connectivity index (χ1) is 13.7. The van der Waals surface area contributed by atoms with E-state index in [4.69, 9.17) is 0 Å². The molecule has 0 spiro atoms. The van der Waals surface area contributed by atoms with Crippen molar-refractivity contribution in [3.63, 3.8) is 0 Å². The minimum atomic E-state index is -1.73. The Labute approximate surface area is 160 Å². The van der Waals surface area contributed by atoms with Crippen molar-refractivity contribution < 1.29 is 9.50 Å². The molecule has 4 nitrogen and oxygen atoms in total. The summed E-state index contributed by atoms with van der Waals surface area (Å²) in [5, 5.41) is 17.4. The largest absolute Gasteiger partial charge is 0.378 e. The van der Waals surface area contributed by atoms with Crippen molar-refractivity contribution in [3.8, 4) is 5.69 Å². The topological polar surface area (TPSA) is 53.8 Å². The molecular formula is C23H18FN3O. The Morgan fingerprint density at radius 3 is 2.61 bits per heavy atom. The summed E-state index contributed by atoms with van der Waals surface area (Å²) in [6, 6.07) is 22.8. The summed E-state index contributed by atoms with van der Waals surface area (Å²) in [6.07, 6.45) is 3.42. The average Bonchev–Trinajstić information content (AvgIpc) is 3.38. The molecule has 0 aliphatic rings. The predicted molar refractivity (Wildman–Crippen MR) is 108 cm³/mol. The van der Waals surface area contributed by atoms with Crippen LogP contribution in [0.2, 0.25) is 0 Å². The number of hydrogen-bond donors (Lipinski definition) is 2. The van der Waals surface area contributed by atoms with Crippen LogP contribution in [0.25, 0.3) is 27.5 Å². The fourth-order valence-corrected chi connectivity index (χ4v) is 3.78. The van der Waals surface area contributed by atoms with E-state index in [1.807, 2.05) is 71.4 Å². The SMILES string of the molecule is OC(CF)(c1ccc2c(cnn2-c2ccccc2)c1)c1c[nH]c2ccccc12. The first-order valence-electron chi connectivity index (χ1n) is 9.09. The average molecular weight is 371 g/mol. The van der Waals surface area contributed by atoms with Gasteiger partial charge in [-0.05, 0) is 35.9 Å². The lowest BCUT2D eigenvalue weighted by molar-refractivity contribution is 0.0534. The Kier molecular flexibility index (Phi) is 3.77. The quantitative estimate of drug-likeness (QED) is 0.481. The van der Waals surface area contributed by atoms with Gasteiger partial charge in [0.05, 0.1) is 17.4 Å². The van der Waals surface area contributed by atoms with Crippen LogP contribution in [0.1, 0.15) is 11.1 Å². The molecule has 0 fully saturated rings. The van der Waals surface area contributed by atoms with Gasteiger partial charge in [-0.15, -0.1) is 0 Å². The summed E-state index contributed by atoms with van der Waals surface area (Å²) >= 11 is 0. The monoisotopic (exact) mass is 371 g/mol. The molecule has 2 N–H and O–H groups in total. The highest BCUT2D eigenvalue weighted by molar-refractivity contribution is 5.86. The van der Waals surface area contributed by atoms with Gasteiger partial charge in [0.25, 0.3) is 0 Å². The molecule has 3 aromatic carbocycles. The maximum Gasteiger partial charge on any atom is 0.145 e. The molecule has 0 radical (unpaired) electrons. The molecule has 0 bridgehead atoms. The number of H-pyrrole nitrogens is 1. The van der Waals surface area contributed by atoms with Crippen molar-refractivity contribution in [2.24, 2.45) is 0 Å². The molecule has 0 aliphatic carbocycles. The number of benzene rings is 3. The van der Waals surface area contributed by atoms with E-state index in [1.165, 1.54) is 0 Å². The van der Waals surface area contributed by atoms with Crippen LogP contribution in [0.15, 0.2) is 85.2 Å². The van der Waals surface area contributed by atoms with Gasteiger partial charge in [-0.25, -0.2) is 9.07 Å². The highest BCUT2D eigenvalue weighted by Gasteiger charge is 2.34. The molecular weight excluding hydrogens is 353 g/mol. The maximum absolute atomic E-state index is 14.2. The van der Waals surface area contributed by atoms with Crippen molar-refractivity contribution in [2.45, 2.75) is 5.60 Å². The fraction of sp³-hybridized carbons (Fsp3) is 0.0870. The maximum atomic E-state index is 14.2. The molecule has 1 unspecified atom stereocenters. The fourth-order valence-electron chi connectivity index (χ4n) is 3.78. The molecule has 0 saturated carbocycles. The van der Waals surface area contributed by atoms with E-state index in [2.05, 4.69) is 10.1 Å². The molecule has 28 heavy (non-hydrogen) atoms. The summed E-state index contributed by atoms with van der Waals surface area (Å²) in [7, 11) is 0. The number of aromatic nitrogens is 3. The van der Waals surface area contributed by atoms with Crippen LogP contribution in [0.5, 0.6) is 0 Å².